The molecule has 112 valence electrons. The minimum Gasteiger partial charge on any atom is -0.292 e. The Bertz CT molecular complexity index is 892. The standard InChI is InChI=1S/C18H15N5/c1-14-20-18(17-19-12-13-22(17)21-14)23(15-8-4-2-5-9-15)16-10-6-3-7-11-16/h2-13H,1H3. The summed E-state index contributed by atoms with van der Waals surface area (Å²) in [4.78, 5) is 11.2. The molecule has 4 aromatic rings. The first-order chi connectivity index (χ1) is 11.3. The predicted octanol–water partition coefficient (Wildman–Crippen LogP) is 3.90. The lowest BCUT2D eigenvalue weighted by Gasteiger charge is -2.24. The number of aryl methyl sites for hydroxylation is 1. The van der Waals surface area contributed by atoms with Gasteiger partial charge in [-0.3, -0.25) is 4.90 Å². The summed E-state index contributed by atoms with van der Waals surface area (Å²) < 4.78 is 1.76. The monoisotopic (exact) mass is 301 g/mol. The molecule has 2 heterocycles. The number of benzene rings is 2. The predicted molar refractivity (Wildman–Crippen MR) is 90.2 cm³/mol. The molecule has 2 aromatic carbocycles. The molecular weight excluding hydrogens is 286 g/mol. The molecule has 0 bridgehead atoms. The molecule has 0 saturated carbocycles. The summed E-state index contributed by atoms with van der Waals surface area (Å²) in [5.74, 6) is 1.46. The van der Waals surface area contributed by atoms with Crippen LogP contribution in [-0.4, -0.2) is 19.6 Å². The first-order valence-electron chi connectivity index (χ1n) is 7.41. The fourth-order valence-corrected chi connectivity index (χ4v) is 2.62. The number of fused-ring (bicyclic) bond motifs is 1. The summed E-state index contributed by atoms with van der Waals surface area (Å²) in [5.41, 5.74) is 2.78. The van der Waals surface area contributed by atoms with E-state index in [4.69, 9.17) is 0 Å². The molecule has 0 saturated heterocycles. The van der Waals surface area contributed by atoms with Crippen LogP contribution in [-0.2, 0) is 0 Å². The van der Waals surface area contributed by atoms with Crippen molar-refractivity contribution in [2.75, 3.05) is 4.90 Å². The van der Waals surface area contributed by atoms with Gasteiger partial charge in [0.2, 0.25) is 0 Å². The summed E-state index contributed by atoms with van der Waals surface area (Å²) in [7, 11) is 0. The average Bonchev–Trinajstić information content (AvgIpc) is 3.05. The second-order valence-corrected chi connectivity index (χ2v) is 5.18. The van der Waals surface area contributed by atoms with E-state index in [2.05, 4.69) is 44.2 Å². The van der Waals surface area contributed by atoms with E-state index in [1.807, 2.05) is 49.5 Å². The number of imidazole rings is 1. The summed E-state index contributed by atoms with van der Waals surface area (Å²) in [6, 6.07) is 20.3. The zero-order valence-corrected chi connectivity index (χ0v) is 12.7. The molecule has 2 aromatic heterocycles. The normalized spacial score (nSPS) is 10.8. The van der Waals surface area contributed by atoms with Gasteiger partial charge in [0.05, 0.1) is 0 Å². The smallest absolute Gasteiger partial charge is 0.197 e. The van der Waals surface area contributed by atoms with Gasteiger partial charge < -0.3 is 0 Å². The Hall–Kier alpha value is -3.21. The molecule has 0 N–H and O–H groups in total. The molecule has 5 heteroatoms. The first kappa shape index (κ1) is 13.5. The van der Waals surface area contributed by atoms with Crippen LogP contribution >= 0.6 is 0 Å². The molecule has 0 fully saturated rings. The average molecular weight is 301 g/mol. The van der Waals surface area contributed by atoms with E-state index in [0.717, 1.165) is 22.8 Å². The molecule has 0 radical (unpaired) electrons. The van der Waals surface area contributed by atoms with E-state index in [-0.39, 0.29) is 0 Å². The van der Waals surface area contributed by atoms with Crippen molar-refractivity contribution in [3.63, 3.8) is 0 Å². The lowest BCUT2D eigenvalue weighted by atomic mass is 10.2. The van der Waals surface area contributed by atoms with Crippen molar-refractivity contribution >= 4 is 22.8 Å². The Labute approximate surface area is 133 Å². The van der Waals surface area contributed by atoms with Gasteiger partial charge in [-0.15, -0.1) is 0 Å². The van der Waals surface area contributed by atoms with E-state index in [1.54, 1.807) is 10.7 Å². The largest absolute Gasteiger partial charge is 0.292 e. The molecule has 0 spiro atoms. The highest BCUT2D eigenvalue weighted by Crippen LogP contribution is 2.34. The minimum absolute atomic E-state index is 0.697. The first-order valence-corrected chi connectivity index (χ1v) is 7.41. The maximum atomic E-state index is 4.66. The van der Waals surface area contributed by atoms with Crippen LogP contribution in [0.2, 0.25) is 0 Å². The SMILES string of the molecule is Cc1nc(N(c2ccccc2)c2ccccc2)c2nccn2n1. The van der Waals surface area contributed by atoms with Crippen molar-refractivity contribution in [2.45, 2.75) is 6.92 Å². The molecule has 0 aliphatic rings. The van der Waals surface area contributed by atoms with E-state index in [1.165, 1.54) is 0 Å². The number of aromatic nitrogens is 4. The summed E-state index contributed by atoms with van der Waals surface area (Å²) in [6.45, 7) is 1.89. The van der Waals surface area contributed by atoms with Crippen LogP contribution < -0.4 is 4.90 Å². The van der Waals surface area contributed by atoms with Crippen LogP contribution in [0.3, 0.4) is 0 Å². The van der Waals surface area contributed by atoms with Gasteiger partial charge in [-0.25, -0.2) is 14.5 Å². The van der Waals surface area contributed by atoms with Gasteiger partial charge in [0.15, 0.2) is 11.5 Å². The highest BCUT2D eigenvalue weighted by Gasteiger charge is 2.18. The van der Waals surface area contributed by atoms with Crippen molar-refractivity contribution in [1.29, 1.82) is 0 Å². The van der Waals surface area contributed by atoms with Gasteiger partial charge in [-0.2, -0.15) is 5.10 Å². The second kappa shape index (κ2) is 5.53. The number of para-hydroxylation sites is 2. The third kappa shape index (κ3) is 2.42. The molecule has 0 aliphatic carbocycles. The Balaban J connectivity index is 2.00. The summed E-state index contributed by atoms with van der Waals surface area (Å²) in [6.07, 6.45) is 3.57. The third-order valence-corrected chi connectivity index (χ3v) is 3.58. The van der Waals surface area contributed by atoms with Crippen LogP contribution in [0.5, 0.6) is 0 Å². The van der Waals surface area contributed by atoms with Crippen molar-refractivity contribution in [3.8, 4) is 0 Å². The van der Waals surface area contributed by atoms with Gasteiger partial charge in [-0.05, 0) is 31.2 Å². The molecule has 0 aliphatic heterocycles. The zero-order chi connectivity index (χ0) is 15.6. The maximum absolute atomic E-state index is 4.66. The minimum atomic E-state index is 0.697. The van der Waals surface area contributed by atoms with E-state index >= 15 is 0 Å². The molecule has 4 rings (SSSR count). The number of nitrogens with zero attached hydrogens (tertiary/aromatic N) is 5. The van der Waals surface area contributed by atoms with Gasteiger partial charge in [-0.1, -0.05) is 36.4 Å². The van der Waals surface area contributed by atoms with Gasteiger partial charge >= 0.3 is 0 Å². The molecule has 0 unspecified atom stereocenters. The topological polar surface area (TPSA) is 46.3 Å². The maximum Gasteiger partial charge on any atom is 0.197 e. The second-order valence-electron chi connectivity index (χ2n) is 5.18. The van der Waals surface area contributed by atoms with E-state index in [9.17, 15) is 0 Å². The van der Waals surface area contributed by atoms with E-state index < -0.39 is 0 Å². The van der Waals surface area contributed by atoms with Crippen molar-refractivity contribution in [2.24, 2.45) is 0 Å². The summed E-state index contributed by atoms with van der Waals surface area (Å²) >= 11 is 0. The number of hydrogen-bond acceptors (Lipinski definition) is 4. The third-order valence-electron chi connectivity index (χ3n) is 3.58. The van der Waals surface area contributed by atoms with Gasteiger partial charge in [0.1, 0.15) is 5.82 Å². The summed E-state index contributed by atoms with van der Waals surface area (Å²) in [5, 5.41) is 4.38. The fourth-order valence-electron chi connectivity index (χ4n) is 2.62. The molecule has 0 atom stereocenters. The molecular formula is C18H15N5. The zero-order valence-electron chi connectivity index (χ0n) is 12.7. The Morgan fingerprint density at radius 3 is 2.09 bits per heavy atom. The van der Waals surface area contributed by atoms with Crippen molar-refractivity contribution in [1.82, 2.24) is 19.6 Å². The van der Waals surface area contributed by atoms with Crippen LogP contribution in [0.4, 0.5) is 17.2 Å². The molecule has 5 nitrogen and oxygen atoms in total. The van der Waals surface area contributed by atoms with Gasteiger partial charge in [0, 0.05) is 23.8 Å². The fraction of sp³-hybridized carbons (Fsp3) is 0.0556. The van der Waals surface area contributed by atoms with Crippen molar-refractivity contribution in [3.05, 3.63) is 78.9 Å². The van der Waals surface area contributed by atoms with Crippen LogP contribution in [0.15, 0.2) is 73.1 Å². The Kier molecular flexibility index (Phi) is 3.24. The van der Waals surface area contributed by atoms with Crippen LogP contribution in [0.25, 0.3) is 5.65 Å². The van der Waals surface area contributed by atoms with Crippen LogP contribution in [0.1, 0.15) is 5.82 Å². The highest BCUT2D eigenvalue weighted by atomic mass is 15.3. The molecule has 0 amide bonds. The van der Waals surface area contributed by atoms with Crippen molar-refractivity contribution < 1.29 is 0 Å². The lowest BCUT2D eigenvalue weighted by molar-refractivity contribution is 0.849. The number of hydrogen-bond donors (Lipinski definition) is 0. The quantitative estimate of drug-likeness (QED) is 0.575. The highest BCUT2D eigenvalue weighted by molar-refractivity contribution is 5.81. The Morgan fingerprint density at radius 1 is 0.870 bits per heavy atom. The van der Waals surface area contributed by atoms with Crippen LogP contribution in [0, 0.1) is 6.92 Å². The number of rotatable bonds is 3. The molecule has 23 heavy (non-hydrogen) atoms. The van der Waals surface area contributed by atoms with E-state index in [0.29, 0.717) is 5.82 Å². The van der Waals surface area contributed by atoms with Gasteiger partial charge in [0.25, 0.3) is 0 Å². The number of anilines is 3. The Morgan fingerprint density at radius 2 is 1.48 bits per heavy atom. The lowest BCUT2D eigenvalue weighted by Crippen LogP contribution is -2.14.